The third-order valence-electron chi connectivity index (χ3n) is 7.38. The van der Waals surface area contributed by atoms with Crippen molar-refractivity contribution in [3.05, 3.63) is 44.9 Å². The van der Waals surface area contributed by atoms with Crippen molar-refractivity contribution in [2.45, 2.75) is 71.0 Å². The van der Waals surface area contributed by atoms with Gasteiger partial charge in [0.15, 0.2) is 5.78 Å². The SMILES string of the molecule is CCC(F)(CC)CN(CC(=O)c1c(Cl)cncc1Cl)C(=O)c1cnn([C@H]2CC[C@](C)(C(=O)O)CC2)c1Cl. The standard InChI is InChI=1S/C25H30Cl3FN4O4/c1-4-25(29,5-2)14-32(13-19(34)20-17(26)11-30-12-18(20)27)22(35)16-10-31-33(21(16)28)15-6-8-24(3,9-7-15)23(36)37/h10-12,15H,4-9,13-14H2,1-3H3,(H,36,37)/t15-,24-. The van der Waals surface area contributed by atoms with E-state index in [0.29, 0.717) is 25.7 Å². The van der Waals surface area contributed by atoms with Crippen molar-refractivity contribution in [2.24, 2.45) is 5.41 Å². The number of carbonyl (C=O) groups excluding carboxylic acids is 2. The lowest BCUT2D eigenvalue weighted by Crippen LogP contribution is -2.45. The Hall–Kier alpha value is -2.23. The highest BCUT2D eigenvalue weighted by atomic mass is 35.5. The van der Waals surface area contributed by atoms with Crippen LogP contribution in [0.5, 0.6) is 0 Å². The van der Waals surface area contributed by atoms with Gasteiger partial charge in [0, 0.05) is 12.4 Å². The average Bonchev–Trinajstić information content (AvgIpc) is 3.24. The molecule has 37 heavy (non-hydrogen) atoms. The zero-order chi connectivity index (χ0) is 27.5. The molecule has 3 rings (SSSR count). The minimum Gasteiger partial charge on any atom is -0.481 e. The van der Waals surface area contributed by atoms with Crippen LogP contribution >= 0.6 is 34.8 Å². The van der Waals surface area contributed by atoms with E-state index in [1.807, 2.05) is 0 Å². The number of alkyl halides is 1. The number of ketones is 1. The predicted octanol–water partition coefficient (Wildman–Crippen LogP) is 6.30. The first kappa shape index (κ1) is 29.3. The highest BCUT2D eigenvalue weighted by Gasteiger charge is 2.39. The number of aliphatic carboxylic acids is 1. The summed E-state index contributed by atoms with van der Waals surface area (Å²) in [6.45, 7) is 4.24. The maximum atomic E-state index is 15.5. The molecule has 2 heterocycles. The zero-order valence-corrected chi connectivity index (χ0v) is 23.2. The molecule has 8 nitrogen and oxygen atoms in total. The third-order valence-corrected chi connectivity index (χ3v) is 8.33. The number of nitrogens with zero attached hydrogens (tertiary/aromatic N) is 4. The van der Waals surface area contributed by atoms with Gasteiger partial charge >= 0.3 is 5.97 Å². The van der Waals surface area contributed by atoms with Crippen LogP contribution in [0.3, 0.4) is 0 Å². The number of pyridine rings is 1. The first-order valence-electron chi connectivity index (χ1n) is 12.1. The highest BCUT2D eigenvalue weighted by Crippen LogP contribution is 2.42. The molecule has 0 unspecified atom stereocenters. The average molecular weight is 576 g/mol. The number of rotatable bonds is 10. The van der Waals surface area contributed by atoms with E-state index in [-0.39, 0.29) is 51.8 Å². The van der Waals surface area contributed by atoms with E-state index in [4.69, 9.17) is 34.8 Å². The second-order valence-corrected chi connectivity index (χ2v) is 11.0. The van der Waals surface area contributed by atoms with Crippen molar-refractivity contribution >= 4 is 52.5 Å². The van der Waals surface area contributed by atoms with Crippen LogP contribution in [0.2, 0.25) is 15.2 Å². The first-order chi connectivity index (χ1) is 17.4. The van der Waals surface area contributed by atoms with Gasteiger partial charge in [-0.3, -0.25) is 24.0 Å². The monoisotopic (exact) mass is 574 g/mol. The van der Waals surface area contributed by atoms with Crippen molar-refractivity contribution in [2.75, 3.05) is 13.1 Å². The number of amides is 1. The molecule has 2 aromatic heterocycles. The summed E-state index contributed by atoms with van der Waals surface area (Å²) >= 11 is 18.8. The van der Waals surface area contributed by atoms with Gasteiger partial charge in [-0.15, -0.1) is 0 Å². The Morgan fingerprint density at radius 2 is 1.70 bits per heavy atom. The molecule has 1 aliphatic rings. The number of halogens is 4. The lowest BCUT2D eigenvalue weighted by Gasteiger charge is -2.34. The van der Waals surface area contributed by atoms with Crippen LogP contribution < -0.4 is 0 Å². The minimum atomic E-state index is -1.73. The van der Waals surface area contributed by atoms with Gasteiger partial charge in [0.1, 0.15) is 10.8 Å². The van der Waals surface area contributed by atoms with Gasteiger partial charge in [0.25, 0.3) is 5.91 Å². The summed E-state index contributed by atoms with van der Waals surface area (Å²) in [6.07, 6.45) is 6.05. The van der Waals surface area contributed by atoms with Crippen LogP contribution in [-0.4, -0.2) is 61.2 Å². The number of hydrogen-bond donors (Lipinski definition) is 1. The second-order valence-electron chi connectivity index (χ2n) is 9.81. The molecule has 0 radical (unpaired) electrons. The van der Waals surface area contributed by atoms with E-state index in [1.54, 1.807) is 20.8 Å². The first-order valence-corrected chi connectivity index (χ1v) is 13.3. The molecule has 1 saturated carbocycles. The molecule has 12 heteroatoms. The molecular formula is C25H30Cl3FN4O4. The second kappa shape index (κ2) is 11.7. The summed E-state index contributed by atoms with van der Waals surface area (Å²) in [5.74, 6) is -2.06. The van der Waals surface area contributed by atoms with E-state index in [2.05, 4.69) is 10.1 Å². The van der Waals surface area contributed by atoms with Gasteiger partial charge in [0.05, 0.1) is 51.9 Å². The minimum absolute atomic E-state index is 0.000865. The van der Waals surface area contributed by atoms with E-state index >= 15 is 4.39 Å². The maximum absolute atomic E-state index is 15.5. The van der Waals surface area contributed by atoms with Gasteiger partial charge in [0.2, 0.25) is 0 Å². The van der Waals surface area contributed by atoms with Gasteiger partial charge < -0.3 is 10.0 Å². The van der Waals surface area contributed by atoms with E-state index in [0.717, 1.165) is 4.90 Å². The van der Waals surface area contributed by atoms with Crippen molar-refractivity contribution in [3.63, 3.8) is 0 Å². The van der Waals surface area contributed by atoms with Crippen molar-refractivity contribution in [1.82, 2.24) is 19.7 Å². The molecule has 1 fully saturated rings. The Morgan fingerprint density at radius 3 is 2.22 bits per heavy atom. The maximum Gasteiger partial charge on any atom is 0.309 e. The van der Waals surface area contributed by atoms with Gasteiger partial charge in [-0.05, 0) is 45.4 Å². The molecule has 0 spiro atoms. The number of carbonyl (C=O) groups is 3. The molecule has 0 aliphatic heterocycles. The van der Waals surface area contributed by atoms with Crippen molar-refractivity contribution in [1.29, 1.82) is 0 Å². The van der Waals surface area contributed by atoms with Gasteiger partial charge in [-0.25, -0.2) is 4.39 Å². The quantitative estimate of drug-likeness (QED) is 0.333. The van der Waals surface area contributed by atoms with E-state index < -0.39 is 35.3 Å². The van der Waals surface area contributed by atoms with Crippen LogP contribution in [-0.2, 0) is 4.79 Å². The summed E-state index contributed by atoms with van der Waals surface area (Å²) in [5, 5.41) is 13.9. The fraction of sp³-hybridized carbons (Fsp3) is 0.560. The van der Waals surface area contributed by atoms with E-state index in [9.17, 15) is 19.5 Å². The summed E-state index contributed by atoms with van der Waals surface area (Å²) in [4.78, 5) is 43.3. The third kappa shape index (κ3) is 6.26. The molecule has 1 N–H and O–H groups in total. The van der Waals surface area contributed by atoms with Crippen LogP contribution in [0, 0.1) is 5.41 Å². The normalized spacial score (nSPS) is 20.0. The lowest BCUT2D eigenvalue weighted by atomic mass is 9.74. The van der Waals surface area contributed by atoms with Crippen LogP contribution in [0.15, 0.2) is 18.6 Å². The van der Waals surface area contributed by atoms with Gasteiger partial charge in [-0.1, -0.05) is 48.7 Å². The number of hydrogen-bond acceptors (Lipinski definition) is 5. The smallest absolute Gasteiger partial charge is 0.309 e. The fourth-order valence-corrected chi connectivity index (χ4v) is 5.45. The Morgan fingerprint density at radius 1 is 1.14 bits per heavy atom. The largest absolute Gasteiger partial charge is 0.481 e. The van der Waals surface area contributed by atoms with Crippen molar-refractivity contribution in [3.8, 4) is 0 Å². The lowest BCUT2D eigenvalue weighted by molar-refractivity contribution is -0.150. The van der Waals surface area contributed by atoms with Crippen LogP contribution in [0.25, 0.3) is 0 Å². The zero-order valence-electron chi connectivity index (χ0n) is 20.9. The number of Topliss-reactive ketones (excluding diaryl/α,β-unsaturated/α-hetero) is 1. The fourth-order valence-electron chi connectivity index (χ4n) is 4.56. The summed E-state index contributed by atoms with van der Waals surface area (Å²) < 4.78 is 17.0. The van der Waals surface area contributed by atoms with Crippen LogP contribution in [0.1, 0.15) is 86.1 Å². The van der Waals surface area contributed by atoms with Gasteiger partial charge in [-0.2, -0.15) is 5.10 Å². The van der Waals surface area contributed by atoms with E-state index in [1.165, 1.54) is 23.3 Å². The topological polar surface area (TPSA) is 105 Å². The summed E-state index contributed by atoms with van der Waals surface area (Å²) in [5.41, 5.74) is -2.51. The molecule has 202 valence electrons. The Labute approximate surface area is 230 Å². The highest BCUT2D eigenvalue weighted by molar-refractivity contribution is 6.39. The summed E-state index contributed by atoms with van der Waals surface area (Å²) in [7, 11) is 0. The number of aromatic nitrogens is 3. The molecule has 1 amide bonds. The van der Waals surface area contributed by atoms with Crippen molar-refractivity contribution < 1.29 is 23.9 Å². The molecule has 1 aliphatic carbocycles. The Bertz CT molecular complexity index is 1160. The predicted molar refractivity (Wildman–Crippen MR) is 139 cm³/mol. The number of carboxylic acids is 1. The molecular weight excluding hydrogens is 546 g/mol. The number of carboxylic acid groups (broad SMARTS) is 1. The Kier molecular flexibility index (Phi) is 9.24. The van der Waals surface area contributed by atoms with Crippen LogP contribution in [0.4, 0.5) is 4.39 Å². The Balaban J connectivity index is 1.89. The summed E-state index contributed by atoms with van der Waals surface area (Å²) in [6, 6.07) is -0.183. The molecule has 0 atom stereocenters. The molecule has 0 aromatic carbocycles. The molecule has 0 saturated heterocycles. The molecule has 2 aromatic rings. The molecule has 0 bridgehead atoms.